The van der Waals surface area contributed by atoms with E-state index < -0.39 is 5.97 Å². The number of fused-ring (bicyclic) bond motifs is 3. The van der Waals surface area contributed by atoms with Gasteiger partial charge in [0.15, 0.2) is 5.69 Å². The predicted molar refractivity (Wildman–Crippen MR) is 95.5 cm³/mol. The first-order chi connectivity index (χ1) is 11.5. The highest BCUT2D eigenvalue weighted by Gasteiger charge is 2.30. The van der Waals surface area contributed by atoms with E-state index >= 15 is 0 Å². The summed E-state index contributed by atoms with van der Waals surface area (Å²) >= 11 is 1.79. The lowest BCUT2D eigenvalue weighted by atomic mass is 9.94. The summed E-state index contributed by atoms with van der Waals surface area (Å²) in [6.07, 6.45) is 1.62. The maximum atomic E-state index is 11.7. The van der Waals surface area contributed by atoms with Crippen molar-refractivity contribution in [2.45, 2.75) is 33.6 Å². The molecule has 0 atom stereocenters. The highest BCUT2D eigenvalue weighted by molar-refractivity contribution is 7.12. The number of nitrogens with zero attached hydrogens (tertiary/aromatic N) is 2. The van der Waals surface area contributed by atoms with E-state index in [1.807, 2.05) is 23.7 Å². The standard InChI is InChI=1S/C19H18N2O2S/c1-10-4-6-15(11(2)8-10)21-18-13(17(20-21)19(22)23)5-7-16-14(18)9-12(3)24-16/h4,6,8-9H,5,7H2,1-3H3,(H,22,23). The molecule has 0 saturated carbocycles. The Morgan fingerprint density at radius 3 is 2.71 bits per heavy atom. The highest BCUT2D eigenvalue weighted by atomic mass is 32.1. The summed E-state index contributed by atoms with van der Waals surface area (Å²) in [5.41, 5.74) is 6.34. The Morgan fingerprint density at radius 1 is 1.21 bits per heavy atom. The van der Waals surface area contributed by atoms with Crippen molar-refractivity contribution in [1.29, 1.82) is 0 Å². The van der Waals surface area contributed by atoms with Crippen LogP contribution in [0.5, 0.6) is 0 Å². The quantitative estimate of drug-likeness (QED) is 0.757. The number of rotatable bonds is 2. The zero-order chi connectivity index (χ0) is 17.0. The van der Waals surface area contributed by atoms with Crippen molar-refractivity contribution in [3.05, 3.63) is 56.4 Å². The summed E-state index contributed by atoms with van der Waals surface area (Å²) in [6.45, 7) is 6.19. The molecular weight excluding hydrogens is 320 g/mol. The zero-order valence-electron chi connectivity index (χ0n) is 13.9. The molecule has 0 fully saturated rings. The molecule has 0 amide bonds. The third kappa shape index (κ3) is 2.19. The number of carboxylic acids is 1. The van der Waals surface area contributed by atoms with Crippen LogP contribution in [0.1, 0.15) is 36.9 Å². The van der Waals surface area contributed by atoms with Crippen molar-refractivity contribution < 1.29 is 9.90 Å². The predicted octanol–water partition coefficient (Wildman–Crippen LogP) is 4.32. The minimum atomic E-state index is -0.954. The van der Waals surface area contributed by atoms with Crippen molar-refractivity contribution in [3.63, 3.8) is 0 Å². The summed E-state index contributed by atoms with van der Waals surface area (Å²) in [6, 6.07) is 8.33. The van der Waals surface area contributed by atoms with Crippen LogP contribution in [-0.4, -0.2) is 20.9 Å². The molecule has 0 radical (unpaired) electrons. The second-order valence-electron chi connectivity index (χ2n) is 6.38. The first-order valence-corrected chi connectivity index (χ1v) is 8.80. The number of benzene rings is 1. The summed E-state index contributed by atoms with van der Waals surface area (Å²) in [5, 5.41) is 14.1. The lowest BCUT2D eigenvalue weighted by molar-refractivity contribution is 0.0688. The molecular formula is C19H18N2O2S. The molecule has 122 valence electrons. The van der Waals surface area contributed by atoms with E-state index in [0.29, 0.717) is 0 Å². The Balaban J connectivity index is 2.04. The fraction of sp³-hybridized carbons (Fsp3) is 0.263. The molecule has 5 heteroatoms. The number of aromatic nitrogens is 2. The van der Waals surface area contributed by atoms with Gasteiger partial charge in [0, 0.05) is 20.9 Å². The van der Waals surface area contributed by atoms with E-state index in [2.05, 4.69) is 31.1 Å². The normalized spacial score (nSPS) is 12.8. The van der Waals surface area contributed by atoms with Gasteiger partial charge in [0.05, 0.1) is 11.4 Å². The molecule has 0 spiro atoms. The second kappa shape index (κ2) is 5.31. The SMILES string of the molecule is Cc1ccc(-n2nc(C(=O)O)c3c2-c2cc(C)sc2CC3)c(C)c1. The minimum Gasteiger partial charge on any atom is -0.476 e. The maximum absolute atomic E-state index is 11.7. The maximum Gasteiger partial charge on any atom is 0.356 e. The topological polar surface area (TPSA) is 55.1 Å². The van der Waals surface area contributed by atoms with Crippen LogP contribution in [0, 0.1) is 20.8 Å². The average molecular weight is 338 g/mol. The monoisotopic (exact) mass is 338 g/mol. The van der Waals surface area contributed by atoms with Gasteiger partial charge in [-0.1, -0.05) is 17.7 Å². The first kappa shape index (κ1) is 15.1. The molecule has 1 aliphatic carbocycles. The van der Waals surface area contributed by atoms with Crippen molar-refractivity contribution in [3.8, 4) is 16.9 Å². The van der Waals surface area contributed by atoms with Gasteiger partial charge >= 0.3 is 5.97 Å². The highest BCUT2D eigenvalue weighted by Crippen LogP contribution is 2.41. The Hall–Kier alpha value is -2.40. The lowest BCUT2D eigenvalue weighted by Gasteiger charge is -2.16. The number of hydrogen-bond acceptors (Lipinski definition) is 3. The molecule has 24 heavy (non-hydrogen) atoms. The van der Waals surface area contributed by atoms with E-state index in [1.54, 1.807) is 11.3 Å². The summed E-state index contributed by atoms with van der Waals surface area (Å²) in [5.74, 6) is -0.954. The molecule has 0 unspecified atom stereocenters. The van der Waals surface area contributed by atoms with Gasteiger partial charge in [0.1, 0.15) is 0 Å². The number of hydrogen-bond donors (Lipinski definition) is 1. The number of carboxylic acid groups (broad SMARTS) is 1. The Bertz CT molecular complexity index is 982. The van der Waals surface area contributed by atoms with E-state index in [1.165, 1.54) is 15.3 Å². The van der Waals surface area contributed by atoms with Crippen molar-refractivity contribution in [1.82, 2.24) is 9.78 Å². The summed E-state index contributed by atoms with van der Waals surface area (Å²) in [7, 11) is 0. The lowest BCUT2D eigenvalue weighted by Crippen LogP contribution is -2.06. The molecule has 4 nitrogen and oxygen atoms in total. The minimum absolute atomic E-state index is 0.180. The fourth-order valence-electron chi connectivity index (χ4n) is 3.54. The van der Waals surface area contributed by atoms with E-state index in [0.717, 1.165) is 40.9 Å². The molecule has 1 N–H and O–H groups in total. The third-order valence-electron chi connectivity index (χ3n) is 4.56. The molecule has 2 heterocycles. The van der Waals surface area contributed by atoms with Crippen LogP contribution in [0.4, 0.5) is 0 Å². The van der Waals surface area contributed by atoms with Gasteiger partial charge in [0.2, 0.25) is 0 Å². The number of carbonyl (C=O) groups is 1. The first-order valence-electron chi connectivity index (χ1n) is 7.98. The molecule has 0 aliphatic heterocycles. The molecule has 1 aromatic carbocycles. The summed E-state index contributed by atoms with van der Waals surface area (Å²) in [4.78, 5) is 14.3. The van der Waals surface area contributed by atoms with Gasteiger partial charge in [0.25, 0.3) is 0 Å². The number of thiophene rings is 1. The van der Waals surface area contributed by atoms with Crippen molar-refractivity contribution in [2.24, 2.45) is 0 Å². The van der Waals surface area contributed by atoms with Crippen LogP contribution < -0.4 is 0 Å². The van der Waals surface area contributed by atoms with Gasteiger partial charge in [-0.2, -0.15) is 5.10 Å². The fourth-order valence-corrected chi connectivity index (χ4v) is 4.58. The largest absolute Gasteiger partial charge is 0.476 e. The smallest absolute Gasteiger partial charge is 0.356 e. The zero-order valence-corrected chi connectivity index (χ0v) is 14.7. The van der Waals surface area contributed by atoms with Crippen molar-refractivity contribution in [2.75, 3.05) is 0 Å². The second-order valence-corrected chi connectivity index (χ2v) is 7.72. The van der Waals surface area contributed by atoms with Gasteiger partial charge in [-0.05, 0) is 51.3 Å². The average Bonchev–Trinajstić information content (AvgIpc) is 3.06. The van der Waals surface area contributed by atoms with Crippen LogP contribution in [-0.2, 0) is 12.8 Å². The van der Waals surface area contributed by atoms with Crippen molar-refractivity contribution >= 4 is 17.3 Å². The van der Waals surface area contributed by atoms with Crippen LogP contribution >= 0.6 is 11.3 Å². The number of aromatic carboxylic acids is 1. The van der Waals surface area contributed by atoms with Crippen LogP contribution in [0.2, 0.25) is 0 Å². The molecule has 4 rings (SSSR count). The van der Waals surface area contributed by atoms with Crippen LogP contribution in [0.3, 0.4) is 0 Å². The van der Waals surface area contributed by atoms with Crippen LogP contribution in [0.15, 0.2) is 24.3 Å². The molecule has 2 aromatic heterocycles. The van der Waals surface area contributed by atoms with E-state index in [9.17, 15) is 9.90 Å². The van der Waals surface area contributed by atoms with Crippen LogP contribution in [0.25, 0.3) is 16.9 Å². The van der Waals surface area contributed by atoms with Gasteiger partial charge in [-0.3, -0.25) is 0 Å². The van der Waals surface area contributed by atoms with Gasteiger partial charge in [-0.15, -0.1) is 11.3 Å². The van der Waals surface area contributed by atoms with Gasteiger partial charge < -0.3 is 5.11 Å². The summed E-state index contributed by atoms with van der Waals surface area (Å²) < 4.78 is 1.83. The number of aryl methyl sites for hydroxylation is 4. The molecule has 0 bridgehead atoms. The Labute approximate surface area is 144 Å². The molecule has 1 aliphatic rings. The van der Waals surface area contributed by atoms with E-state index in [-0.39, 0.29) is 5.69 Å². The third-order valence-corrected chi connectivity index (χ3v) is 5.67. The molecule has 0 saturated heterocycles. The Morgan fingerprint density at radius 2 is 2.00 bits per heavy atom. The van der Waals surface area contributed by atoms with Gasteiger partial charge in [-0.25, -0.2) is 9.48 Å². The molecule has 3 aromatic rings. The Kier molecular flexibility index (Phi) is 3.35. The van der Waals surface area contributed by atoms with E-state index in [4.69, 9.17) is 0 Å².